The van der Waals surface area contributed by atoms with E-state index in [9.17, 15) is 19.8 Å². The van der Waals surface area contributed by atoms with Gasteiger partial charge in [-0.25, -0.2) is 5.48 Å². The minimum atomic E-state index is -0.586. The molecule has 2 aliphatic rings. The van der Waals surface area contributed by atoms with Crippen molar-refractivity contribution in [1.29, 1.82) is 0 Å². The van der Waals surface area contributed by atoms with Gasteiger partial charge in [0.25, 0.3) is 0 Å². The number of hydrogen-bond donors (Lipinski definition) is 5. The topological polar surface area (TPSA) is 141 Å². The van der Waals surface area contributed by atoms with Gasteiger partial charge in [-0.2, -0.15) is 0 Å². The smallest absolute Gasteiger partial charge is 0.243 e. The number of likely N-dealkylation sites (tertiary alicyclic amines) is 1. The Kier molecular flexibility index (Phi) is 11.7. The van der Waals surface area contributed by atoms with Crippen molar-refractivity contribution < 1.29 is 34.5 Å². The first-order valence-electron chi connectivity index (χ1n) is 15.7. The molecule has 2 aliphatic heterocycles. The molecule has 2 heterocycles. The van der Waals surface area contributed by atoms with Gasteiger partial charge in [-0.3, -0.25) is 19.7 Å². The van der Waals surface area contributed by atoms with Crippen molar-refractivity contribution in [2.24, 2.45) is 0 Å². The quantitative estimate of drug-likeness (QED) is 0.142. The predicted octanol–water partition coefficient (Wildman–Crippen LogP) is 4.14. The Morgan fingerprint density at radius 3 is 2.38 bits per heavy atom. The normalized spacial score (nSPS) is 21.8. The second-order valence-corrected chi connectivity index (χ2v) is 11.8. The number of carbonyl (C=O) groups is 2. The summed E-state index contributed by atoms with van der Waals surface area (Å²) in [4.78, 5) is 25.7. The maximum atomic E-state index is 12.2. The number of hydrogen-bond acceptors (Lipinski definition) is 8. The summed E-state index contributed by atoms with van der Waals surface area (Å²) in [6.07, 6.45) is 2.51. The van der Waals surface area contributed by atoms with Crippen molar-refractivity contribution in [3.63, 3.8) is 0 Å². The first kappa shape index (κ1) is 32.7. The molecular weight excluding hydrogens is 574 g/mol. The zero-order valence-electron chi connectivity index (χ0n) is 25.4. The fraction of sp³-hybridized carbons (Fsp3) is 0.429. The molecule has 0 bridgehead atoms. The summed E-state index contributed by atoms with van der Waals surface area (Å²) in [6, 6.07) is 24.1. The number of aliphatic hydroxyl groups is 2. The van der Waals surface area contributed by atoms with Crippen LogP contribution in [0.15, 0.2) is 72.8 Å². The zero-order chi connectivity index (χ0) is 31.6. The van der Waals surface area contributed by atoms with Crippen LogP contribution < -0.4 is 10.8 Å². The molecular formula is C35H43N3O7. The lowest BCUT2D eigenvalue weighted by molar-refractivity contribution is -0.253. The van der Waals surface area contributed by atoms with E-state index in [4.69, 9.17) is 14.7 Å². The standard InChI is InChI=1S/C35H43N3O7/c39-22-24-12-14-26(15-13-24)32-19-31(21-38-16-4-9-30(38)23-40)44-35(45-32)29-8-2-7-28(18-29)27-6-1-5-25(17-27)20-36-33(41)10-3-11-34(42)37-43/h1-2,5-8,12-15,17-18,30-32,35,39-40,43H,3-4,9-11,16,19-23H2,(H,36,41)(H,37,42)/t30-,31-,32+,35+/m0/s1. The Hall–Kier alpha value is -3.64. The fourth-order valence-electron chi connectivity index (χ4n) is 6.12. The lowest BCUT2D eigenvalue weighted by Gasteiger charge is -2.38. The molecule has 4 atom stereocenters. The summed E-state index contributed by atoms with van der Waals surface area (Å²) in [5.41, 5.74) is 7.29. The number of nitrogens with zero attached hydrogens (tertiary/aromatic N) is 1. The van der Waals surface area contributed by atoms with Gasteiger partial charge in [-0.05, 0) is 65.8 Å². The van der Waals surface area contributed by atoms with E-state index < -0.39 is 12.2 Å². The Balaban J connectivity index is 1.29. The molecule has 240 valence electrons. The van der Waals surface area contributed by atoms with Crippen LogP contribution in [-0.2, 0) is 32.2 Å². The van der Waals surface area contributed by atoms with Crippen LogP contribution in [0.4, 0.5) is 0 Å². The lowest BCUT2D eigenvalue weighted by atomic mass is 9.98. The molecule has 0 radical (unpaired) electrons. The van der Waals surface area contributed by atoms with E-state index >= 15 is 0 Å². The Bertz CT molecular complexity index is 1420. The van der Waals surface area contributed by atoms with Gasteiger partial charge in [0.2, 0.25) is 11.8 Å². The molecule has 0 aliphatic carbocycles. The van der Waals surface area contributed by atoms with Crippen molar-refractivity contribution in [3.8, 4) is 11.1 Å². The molecule has 2 saturated heterocycles. The number of nitrogens with one attached hydrogen (secondary N) is 2. The lowest BCUT2D eigenvalue weighted by Crippen LogP contribution is -2.42. The summed E-state index contributed by atoms with van der Waals surface area (Å²) in [5, 5.41) is 30.9. The maximum absolute atomic E-state index is 12.2. The number of ether oxygens (including phenoxy) is 2. The average Bonchev–Trinajstić information content (AvgIpc) is 3.54. The van der Waals surface area contributed by atoms with Crippen LogP contribution in [0.5, 0.6) is 0 Å². The van der Waals surface area contributed by atoms with E-state index in [0.717, 1.165) is 59.3 Å². The molecule has 0 aromatic heterocycles. The van der Waals surface area contributed by atoms with Crippen LogP contribution in [0.3, 0.4) is 0 Å². The van der Waals surface area contributed by atoms with Crippen molar-refractivity contribution in [1.82, 2.24) is 15.7 Å². The second-order valence-electron chi connectivity index (χ2n) is 11.8. The van der Waals surface area contributed by atoms with Crippen molar-refractivity contribution >= 4 is 11.8 Å². The van der Waals surface area contributed by atoms with Gasteiger partial charge < -0.3 is 25.0 Å². The number of amides is 2. The summed E-state index contributed by atoms with van der Waals surface area (Å²) >= 11 is 0. The highest BCUT2D eigenvalue weighted by atomic mass is 16.7. The highest BCUT2D eigenvalue weighted by Gasteiger charge is 2.35. The van der Waals surface area contributed by atoms with E-state index in [1.165, 1.54) is 0 Å². The first-order valence-corrected chi connectivity index (χ1v) is 15.7. The van der Waals surface area contributed by atoms with E-state index in [0.29, 0.717) is 19.4 Å². The third kappa shape index (κ3) is 8.97. The highest BCUT2D eigenvalue weighted by Crippen LogP contribution is 2.39. The third-order valence-corrected chi connectivity index (χ3v) is 8.60. The van der Waals surface area contributed by atoms with E-state index in [2.05, 4.69) is 16.3 Å². The molecule has 3 aromatic carbocycles. The van der Waals surface area contributed by atoms with Crippen molar-refractivity contribution in [2.75, 3.05) is 19.7 Å². The van der Waals surface area contributed by atoms with Crippen molar-refractivity contribution in [2.45, 2.75) is 76.2 Å². The van der Waals surface area contributed by atoms with Gasteiger partial charge in [0.15, 0.2) is 6.29 Å². The van der Waals surface area contributed by atoms with Gasteiger partial charge in [0, 0.05) is 44.0 Å². The largest absolute Gasteiger partial charge is 0.395 e. The van der Waals surface area contributed by atoms with Gasteiger partial charge in [0.1, 0.15) is 0 Å². The number of rotatable bonds is 13. The summed E-state index contributed by atoms with van der Waals surface area (Å²) in [6.45, 7) is 2.16. The molecule has 2 amide bonds. The number of aliphatic hydroxyl groups excluding tert-OH is 2. The average molecular weight is 618 g/mol. The van der Waals surface area contributed by atoms with Crippen LogP contribution in [0.2, 0.25) is 0 Å². The molecule has 0 unspecified atom stereocenters. The van der Waals surface area contributed by atoms with Crippen LogP contribution in [-0.4, -0.2) is 64.0 Å². The number of hydroxylamine groups is 1. The SMILES string of the molecule is O=C(CCCC(=O)NCc1cccc(-c2cccc([C@@H]3O[C@H](CN4CCC[C@H]4CO)C[C@H](c4ccc(CO)cc4)O3)c2)c1)NO. The van der Waals surface area contributed by atoms with Crippen LogP contribution >= 0.6 is 0 Å². The van der Waals surface area contributed by atoms with Gasteiger partial charge in [-0.15, -0.1) is 0 Å². The molecule has 0 spiro atoms. The van der Waals surface area contributed by atoms with Gasteiger partial charge in [-0.1, -0.05) is 60.7 Å². The summed E-state index contributed by atoms with van der Waals surface area (Å²) in [7, 11) is 0. The van der Waals surface area contributed by atoms with Crippen LogP contribution in [0, 0.1) is 0 Å². The molecule has 2 fully saturated rings. The second kappa shape index (κ2) is 16.1. The summed E-state index contributed by atoms with van der Waals surface area (Å²) in [5.74, 6) is -0.666. The Morgan fingerprint density at radius 2 is 1.62 bits per heavy atom. The molecule has 3 aromatic rings. The monoisotopic (exact) mass is 617 g/mol. The van der Waals surface area contributed by atoms with Crippen LogP contribution in [0.1, 0.15) is 73.2 Å². The maximum Gasteiger partial charge on any atom is 0.243 e. The number of carbonyl (C=O) groups excluding carboxylic acids is 2. The summed E-state index contributed by atoms with van der Waals surface area (Å²) < 4.78 is 13.2. The van der Waals surface area contributed by atoms with E-state index in [1.54, 1.807) is 5.48 Å². The first-order chi connectivity index (χ1) is 21.9. The Labute approximate surface area is 263 Å². The Morgan fingerprint density at radius 1 is 0.867 bits per heavy atom. The molecule has 10 nitrogen and oxygen atoms in total. The molecule has 5 rings (SSSR count). The minimum Gasteiger partial charge on any atom is -0.395 e. The molecule has 5 N–H and O–H groups in total. The minimum absolute atomic E-state index is 0.0104. The van der Waals surface area contributed by atoms with E-state index in [-0.39, 0.29) is 50.2 Å². The third-order valence-electron chi connectivity index (χ3n) is 8.60. The van der Waals surface area contributed by atoms with Gasteiger partial charge in [0.05, 0.1) is 25.4 Å². The zero-order valence-corrected chi connectivity index (χ0v) is 25.4. The fourth-order valence-corrected chi connectivity index (χ4v) is 6.12. The number of benzene rings is 3. The van der Waals surface area contributed by atoms with E-state index in [1.807, 2.05) is 66.7 Å². The van der Waals surface area contributed by atoms with Crippen LogP contribution in [0.25, 0.3) is 11.1 Å². The molecule has 10 heteroatoms. The highest BCUT2D eigenvalue weighted by molar-refractivity contribution is 5.78. The molecule has 45 heavy (non-hydrogen) atoms. The molecule has 0 saturated carbocycles. The predicted molar refractivity (Wildman–Crippen MR) is 168 cm³/mol. The van der Waals surface area contributed by atoms with Crippen molar-refractivity contribution in [3.05, 3.63) is 95.1 Å². The van der Waals surface area contributed by atoms with Gasteiger partial charge >= 0.3 is 0 Å².